The Balaban J connectivity index is 3.02. The smallest absolute Gasteiger partial charge is 0.311 e. The number of pyridine rings is 1. The van der Waals surface area contributed by atoms with Gasteiger partial charge < -0.3 is 20.8 Å². The SMILES string of the molecule is CCNc1ccc([N+](=O)[O-])c(NC(CO)CO)n1. The van der Waals surface area contributed by atoms with E-state index in [0.29, 0.717) is 12.4 Å². The topological polar surface area (TPSA) is 121 Å². The maximum absolute atomic E-state index is 10.8. The number of hydrogen-bond donors (Lipinski definition) is 4. The molecule has 1 aromatic heterocycles. The molecule has 0 spiro atoms. The lowest BCUT2D eigenvalue weighted by molar-refractivity contribution is -0.384. The van der Waals surface area contributed by atoms with Gasteiger partial charge in [-0.05, 0) is 13.0 Å². The van der Waals surface area contributed by atoms with Gasteiger partial charge in [0.2, 0.25) is 5.82 Å². The highest BCUT2D eigenvalue weighted by molar-refractivity contribution is 5.60. The maximum Gasteiger partial charge on any atom is 0.311 e. The van der Waals surface area contributed by atoms with E-state index in [1.54, 1.807) is 0 Å². The Bertz CT molecular complexity index is 409. The Morgan fingerprint density at radius 2 is 2.11 bits per heavy atom. The predicted molar refractivity (Wildman–Crippen MR) is 66.6 cm³/mol. The summed E-state index contributed by atoms with van der Waals surface area (Å²) in [5, 5.41) is 34.3. The van der Waals surface area contributed by atoms with Crippen LogP contribution in [0.4, 0.5) is 17.3 Å². The molecule has 100 valence electrons. The molecule has 0 aromatic carbocycles. The average molecular weight is 256 g/mol. The molecule has 4 N–H and O–H groups in total. The van der Waals surface area contributed by atoms with E-state index in [1.165, 1.54) is 12.1 Å². The number of aromatic nitrogens is 1. The van der Waals surface area contributed by atoms with Gasteiger partial charge in [0.15, 0.2) is 0 Å². The van der Waals surface area contributed by atoms with Crippen molar-refractivity contribution in [1.29, 1.82) is 0 Å². The average Bonchev–Trinajstić information content (AvgIpc) is 2.36. The Hall–Kier alpha value is -1.93. The number of nitrogens with zero attached hydrogens (tertiary/aromatic N) is 2. The molecule has 8 nitrogen and oxygen atoms in total. The van der Waals surface area contributed by atoms with Gasteiger partial charge in [0.25, 0.3) is 0 Å². The van der Waals surface area contributed by atoms with Crippen LogP contribution < -0.4 is 10.6 Å². The molecule has 1 heterocycles. The van der Waals surface area contributed by atoms with Crippen molar-refractivity contribution in [1.82, 2.24) is 4.98 Å². The van der Waals surface area contributed by atoms with E-state index < -0.39 is 11.0 Å². The summed E-state index contributed by atoms with van der Waals surface area (Å²) < 4.78 is 0. The van der Waals surface area contributed by atoms with Crippen LogP contribution in [0.2, 0.25) is 0 Å². The lowest BCUT2D eigenvalue weighted by Gasteiger charge is -2.14. The molecule has 1 aromatic rings. The molecule has 0 bridgehead atoms. The van der Waals surface area contributed by atoms with E-state index in [9.17, 15) is 10.1 Å². The molecule has 0 amide bonds. The van der Waals surface area contributed by atoms with E-state index in [2.05, 4.69) is 15.6 Å². The molecule has 0 radical (unpaired) electrons. The second-order valence-electron chi connectivity index (χ2n) is 3.56. The molecule has 0 fully saturated rings. The van der Waals surface area contributed by atoms with Gasteiger partial charge in [-0.2, -0.15) is 0 Å². The molecule has 0 aliphatic rings. The fraction of sp³-hybridized carbons (Fsp3) is 0.500. The number of rotatable bonds is 7. The number of aliphatic hydroxyl groups is 2. The van der Waals surface area contributed by atoms with Crippen molar-refractivity contribution in [3.05, 3.63) is 22.2 Å². The normalized spacial score (nSPS) is 10.4. The van der Waals surface area contributed by atoms with Gasteiger partial charge in [-0.3, -0.25) is 10.1 Å². The molecule has 0 aliphatic heterocycles. The van der Waals surface area contributed by atoms with E-state index in [4.69, 9.17) is 10.2 Å². The molecule has 0 saturated heterocycles. The quantitative estimate of drug-likeness (QED) is 0.406. The minimum atomic E-state index is -0.687. The summed E-state index contributed by atoms with van der Waals surface area (Å²) in [6.45, 7) is 1.82. The van der Waals surface area contributed by atoms with Gasteiger partial charge in [0.1, 0.15) is 5.82 Å². The first-order chi connectivity index (χ1) is 8.62. The lowest BCUT2D eigenvalue weighted by atomic mass is 10.3. The first-order valence-corrected chi connectivity index (χ1v) is 5.49. The van der Waals surface area contributed by atoms with Crippen molar-refractivity contribution in [2.75, 3.05) is 30.4 Å². The van der Waals surface area contributed by atoms with Crippen molar-refractivity contribution in [2.24, 2.45) is 0 Å². The maximum atomic E-state index is 10.8. The van der Waals surface area contributed by atoms with Gasteiger partial charge in [-0.15, -0.1) is 0 Å². The van der Waals surface area contributed by atoms with Crippen LogP contribution >= 0.6 is 0 Å². The van der Waals surface area contributed by atoms with Crippen LogP contribution in [-0.2, 0) is 0 Å². The van der Waals surface area contributed by atoms with Gasteiger partial charge in [0.05, 0.1) is 24.2 Å². The van der Waals surface area contributed by atoms with Crippen molar-refractivity contribution in [3.8, 4) is 0 Å². The van der Waals surface area contributed by atoms with Crippen LogP contribution in [0.15, 0.2) is 12.1 Å². The van der Waals surface area contributed by atoms with E-state index in [1.807, 2.05) is 6.92 Å². The Morgan fingerprint density at radius 1 is 1.44 bits per heavy atom. The Kier molecular flexibility index (Phi) is 5.28. The summed E-state index contributed by atoms with van der Waals surface area (Å²) in [4.78, 5) is 14.3. The van der Waals surface area contributed by atoms with Crippen LogP contribution in [0.1, 0.15) is 6.92 Å². The summed E-state index contributed by atoms with van der Waals surface area (Å²) >= 11 is 0. The van der Waals surface area contributed by atoms with Crippen LogP contribution in [0.3, 0.4) is 0 Å². The zero-order valence-corrected chi connectivity index (χ0v) is 9.96. The largest absolute Gasteiger partial charge is 0.394 e. The van der Waals surface area contributed by atoms with Crippen LogP contribution in [-0.4, -0.2) is 45.9 Å². The minimum absolute atomic E-state index is 0.0200. The van der Waals surface area contributed by atoms with E-state index >= 15 is 0 Å². The number of hydrogen-bond acceptors (Lipinski definition) is 7. The van der Waals surface area contributed by atoms with Crippen LogP contribution in [0.25, 0.3) is 0 Å². The first kappa shape index (κ1) is 14.1. The standard InChI is InChI=1S/C10H16N4O4/c1-2-11-9-4-3-8(14(17)18)10(13-9)12-7(5-15)6-16/h3-4,7,15-16H,2,5-6H2,1H3,(H2,11,12,13). The third-order valence-corrected chi connectivity index (χ3v) is 2.21. The third-order valence-electron chi connectivity index (χ3n) is 2.21. The number of aliphatic hydroxyl groups excluding tert-OH is 2. The molecule has 0 unspecified atom stereocenters. The predicted octanol–water partition coefficient (Wildman–Crippen LogP) is 0.187. The summed E-state index contributed by atoms with van der Waals surface area (Å²) in [5.41, 5.74) is -0.205. The second kappa shape index (κ2) is 6.72. The molecular weight excluding hydrogens is 240 g/mol. The van der Waals surface area contributed by atoms with Crippen LogP contribution in [0, 0.1) is 10.1 Å². The second-order valence-corrected chi connectivity index (χ2v) is 3.56. The summed E-state index contributed by atoms with van der Waals surface area (Å²) in [6, 6.07) is 2.13. The monoisotopic (exact) mass is 256 g/mol. The van der Waals surface area contributed by atoms with Gasteiger partial charge >= 0.3 is 5.69 Å². The van der Waals surface area contributed by atoms with E-state index in [0.717, 1.165) is 0 Å². The minimum Gasteiger partial charge on any atom is -0.394 e. The lowest BCUT2D eigenvalue weighted by Crippen LogP contribution is -2.28. The van der Waals surface area contributed by atoms with Crippen molar-refractivity contribution < 1.29 is 15.1 Å². The van der Waals surface area contributed by atoms with Crippen molar-refractivity contribution >= 4 is 17.3 Å². The number of anilines is 2. The summed E-state index contributed by atoms with van der Waals surface area (Å²) in [7, 11) is 0. The van der Waals surface area contributed by atoms with Crippen LogP contribution in [0.5, 0.6) is 0 Å². The Morgan fingerprint density at radius 3 is 2.61 bits per heavy atom. The van der Waals surface area contributed by atoms with Gasteiger partial charge in [-0.1, -0.05) is 0 Å². The van der Waals surface area contributed by atoms with E-state index in [-0.39, 0.29) is 24.7 Å². The summed E-state index contributed by atoms with van der Waals surface area (Å²) in [5.74, 6) is 0.506. The highest BCUT2D eigenvalue weighted by Gasteiger charge is 2.18. The molecule has 0 saturated carbocycles. The first-order valence-electron chi connectivity index (χ1n) is 5.49. The highest BCUT2D eigenvalue weighted by Crippen LogP contribution is 2.24. The number of nitrogens with one attached hydrogen (secondary N) is 2. The van der Waals surface area contributed by atoms with Gasteiger partial charge in [-0.25, -0.2) is 4.98 Å². The molecule has 18 heavy (non-hydrogen) atoms. The fourth-order valence-electron chi connectivity index (χ4n) is 1.33. The third kappa shape index (κ3) is 3.54. The highest BCUT2D eigenvalue weighted by atomic mass is 16.6. The summed E-state index contributed by atoms with van der Waals surface area (Å²) in [6.07, 6.45) is 0. The zero-order chi connectivity index (χ0) is 13.5. The zero-order valence-electron chi connectivity index (χ0n) is 9.96. The van der Waals surface area contributed by atoms with Crippen molar-refractivity contribution in [2.45, 2.75) is 13.0 Å². The molecule has 1 rings (SSSR count). The molecule has 0 atom stereocenters. The van der Waals surface area contributed by atoms with Crippen molar-refractivity contribution in [3.63, 3.8) is 0 Å². The number of nitro groups is 1. The molecule has 0 aliphatic carbocycles. The van der Waals surface area contributed by atoms with Gasteiger partial charge in [0, 0.05) is 12.6 Å². The molecular formula is C10H16N4O4. The fourth-order valence-corrected chi connectivity index (χ4v) is 1.33. The Labute approximate surface area is 104 Å². The molecule has 8 heteroatoms.